The van der Waals surface area contributed by atoms with Crippen LogP contribution >= 0.6 is 0 Å². The highest BCUT2D eigenvalue weighted by molar-refractivity contribution is 5.62. The first kappa shape index (κ1) is 16.7. The van der Waals surface area contributed by atoms with Crippen molar-refractivity contribution >= 4 is 0 Å². The second-order valence-corrected chi connectivity index (χ2v) is 6.70. The fourth-order valence-corrected chi connectivity index (χ4v) is 3.20. The molecule has 2 rings (SSSR count). The van der Waals surface area contributed by atoms with Gasteiger partial charge in [0.25, 0.3) is 0 Å². The Kier molecular flexibility index (Phi) is 5.39. The van der Waals surface area contributed by atoms with E-state index < -0.39 is 0 Å². The Hall–Kier alpha value is -1.63. The minimum atomic E-state index is 0.581. The summed E-state index contributed by atoms with van der Waals surface area (Å²) in [5.41, 5.74) is 6.91. The summed E-state index contributed by atoms with van der Waals surface area (Å²) in [4.78, 5) is 0. The van der Waals surface area contributed by atoms with Gasteiger partial charge in [0.15, 0.2) is 6.20 Å². The number of aromatic nitrogens is 1. The lowest BCUT2D eigenvalue weighted by Gasteiger charge is -2.14. The van der Waals surface area contributed by atoms with Crippen molar-refractivity contribution in [2.75, 3.05) is 0 Å². The van der Waals surface area contributed by atoms with Crippen LogP contribution in [0.25, 0.3) is 11.3 Å². The molecule has 0 radical (unpaired) electrons. The molecule has 2 aromatic rings. The molecular formula is C21H30N+. The van der Waals surface area contributed by atoms with Crippen LogP contribution in [0.5, 0.6) is 0 Å². The molecule has 0 fully saturated rings. The molecule has 1 aromatic carbocycles. The Bertz CT molecular complexity index is 636. The molecule has 0 aliphatic carbocycles. The molecule has 0 saturated heterocycles. The van der Waals surface area contributed by atoms with E-state index in [2.05, 4.69) is 82.8 Å². The first-order valence-corrected chi connectivity index (χ1v) is 8.58. The van der Waals surface area contributed by atoms with Crippen LogP contribution in [0.1, 0.15) is 69.1 Å². The zero-order valence-corrected chi connectivity index (χ0v) is 15.0. The fourth-order valence-electron chi connectivity index (χ4n) is 3.20. The SMILES string of the molecule is CCC(CC)c1cc[n+](C)c(-c2ccc(C(C)C)cc2C)c1. The third kappa shape index (κ3) is 3.40. The topological polar surface area (TPSA) is 3.88 Å². The largest absolute Gasteiger partial charge is 0.212 e. The summed E-state index contributed by atoms with van der Waals surface area (Å²) >= 11 is 0. The van der Waals surface area contributed by atoms with E-state index in [4.69, 9.17) is 0 Å². The monoisotopic (exact) mass is 296 g/mol. The van der Waals surface area contributed by atoms with Gasteiger partial charge in [0.1, 0.15) is 7.05 Å². The van der Waals surface area contributed by atoms with Gasteiger partial charge in [-0.3, -0.25) is 0 Å². The molecule has 22 heavy (non-hydrogen) atoms. The molecule has 0 saturated carbocycles. The van der Waals surface area contributed by atoms with Gasteiger partial charge >= 0.3 is 0 Å². The molecule has 0 atom stereocenters. The summed E-state index contributed by atoms with van der Waals surface area (Å²) in [6.45, 7) is 11.3. The second-order valence-electron chi connectivity index (χ2n) is 6.70. The summed E-state index contributed by atoms with van der Waals surface area (Å²) in [5, 5.41) is 0. The van der Waals surface area contributed by atoms with Crippen LogP contribution in [0.3, 0.4) is 0 Å². The van der Waals surface area contributed by atoms with Crippen LogP contribution in [0.2, 0.25) is 0 Å². The molecule has 0 N–H and O–H groups in total. The number of aryl methyl sites for hydroxylation is 2. The van der Waals surface area contributed by atoms with Crippen molar-refractivity contribution in [1.29, 1.82) is 0 Å². The predicted molar refractivity (Wildman–Crippen MR) is 95.2 cm³/mol. The smallest absolute Gasteiger partial charge is 0.201 e. The Balaban J connectivity index is 2.50. The summed E-state index contributed by atoms with van der Waals surface area (Å²) in [5.74, 6) is 1.24. The first-order valence-electron chi connectivity index (χ1n) is 8.58. The van der Waals surface area contributed by atoms with E-state index >= 15 is 0 Å². The predicted octanol–water partition coefficient (Wildman–Crippen LogP) is 5.51. The highest BCUT2D eigenvalue weighted by Crippen LogP contribution is 2.28. The van der Waals surface area contributed by atoms with E-state index in [1.54, 1.807) is 0 Å². The highest BCUT2D eigenvalue weighted by atomic mass is 14.9. The number of benzene rings is 1. The molecule has 0 aliphatic heterocycles. The van der Waals surface area contributed by atoms with Crippen molar-refractivity contribution in [2.45, 2.75) is 59.3 Å². The molecular weight excluding hydrogens is 266 g/mol. The summed E-state index contributed by atoms with van der Waals surface area (Å²) < 4.78 is 2.24. The molecule has 0 bridgehead atoms. The maximum atomic E-state index is 2.38. The van der Waals surface area contributed by atoms with Crippen molar-refractivity contribution in [2.24, 2.45) is 7.05 Å². The lowest BCUT2D eigenvalue weighted by Crippen LogP contribution is -2.31. The maximum Gasteiger partial charge on any atom is 0.212 e. The van der Waals surface area contributed by atoms with Crippen molar-refractivity contribution in [3.8, 4) is 11.3 Å². The van der Waals surface area contributed by atoms with Crippen molar-refractivity contribution < 1.29 is 4.57 Å². The second kappa shape index (κ2) is 7.09. The number of pyridine rings is 1. The van der Waals surface area contributed by atoms with E-state index in [0.29, 0.717) is 11.8 Å². The lowest BCUT2D eigenvalue weighted by molar-refractivity contribution is -0.660. The molecule has 118 valence electrons. The van der Waals surface area contributed by atoms with E-state index in [1.807, 2.05) is 0 Å². The molecule has 0 aliphatic rings. The molecule has 0 unspecified atom stereocenters. The zero-order chi connectivity index (χ0) is 16.3. The highest BCUT2D eigenvalue weighted by Gasteiger charge is 2.17. The van der Waals surface area contributed by atoms with E-state index in [0.717, 1.165) is 0 Å². The van der Waals surface area contributed by atoms with Gasteiger partial charge in [0.2, 0.25) is 5.69 Å². The Morgan fingerprint density at radius 3 is 2.18 bits per heavy atom. The van der Waals surface area contributed by atoms with Crippen LogP contribution in [0.15, 0.2) is 36.5 Å². The van der Waals surface area contributed by atoms with Gasteiger partial charge in [0.05, 0.1) is 0 Å². The third-order valence-electron chi connectivity index (χ3n) is 4.82. The Morgan fingerprint density at radius 2 is 1.64 bits per heavy atom. The molecule has 0 spiro atoms. The Morgan fingerprint density at radius 1 is 0.955 bits per heavy atom. The molecule has 1 heteroatoms. The number of nitrogens with zero attached hydrogens (tertiary/aromatic N) is 1. The standard InChI is InChI=1S/C21H30N/c1-7-17(8-2)19-11-12-22(6)21(14-19)20-10-9-18(15(3)4)13-16(20)5/h9-15,17H,7-8H2,1-6H3/q+1. The quantitative estimate of drug-likeness (QED) is 0.640. The zero-order valence-electron chi connectivity index (χ0n) is 15.0. The van der Waals surface area contributed by atoms with E-state index in [1.165, 1.54) is 40.8 Å². The Labute approximate surface area is 136 Å². The van der Waals surface area contributed by atoms with Crippen LogP contribution in [0.4, 0.5) is 0 Å². The van der Waals surface area contributed by atoms with Gasteiger partial charge < -0.3 is 0 Å². The third-order valence-corrected chi connectivity index (χ3v) is 4.82. The van der Waals surface area contributed by atoms with Crippen molar-refractivity contribution in [1.82, 2.24) is 0 Å². The maximum absolute atomic E-state index is 2.38. The van der Waals surface area contributed by atoms with Crippen LogP contribution in [0, 0.1) is 6.92 Å². The molecule has 1 heterocycles. The lowest BCUT2D eigenvalue weighted by atomic mass is 9.91. The minimum absolute atomic E-state index is 0.581. The summed E-state index contributed by atoms with van der Waals surface area (Å²) in [6.07, 6.45) is 4.61. The van der Waals surface area contributed by atoms with E-state index in [-0.39, 0.29) is 0 Å². The minimum Gasteiger partial charge on any atom is -0.201 e. The fraction of sp³-hybridized carbons (Fsp3) is 0.476. The van der Waals surface area contributed by atoms with Gasteiger partial charge in [-0.25, -0.2) is 4.57 Å². The van der Waals surface area contributed by atoms with Crippen molar-refractivity contribution in [3.05, 3.63) is 53.2 Å². The number of hydrogen-bond donors (Lipinski definition) is 0. The van der Waals surface area contributed by atoms with E-state index in [9.17, 15) is 0 Å². The van der Waals surface area contributed by atoms with Gasteiger partial charge in [-0.15, -0.1) is 0 Å². The van der Waals surface area contributed by atoms with Gasteiger partial charge in [-0.05, 0) is 54.4 Å². The number of rotatable bonds is 5. The average Bonchev–Trinajstić information content (AvgIpc) is 2.50. The normalized spacial score (nSPS) is 11.5. The number of hydrogen-bond acceptors (Lipinski definition) is 0. The average molecular weight is 296 g/mol. The van der Waals surface area contributed by atoms with Gasteiger partial charge in [0, 0.05) is 17.7 Å². The van der Waals surface area contributed by atoms with Crippen LogP contribution < -0.4 is 4.57 Å². The summed E-state index contributed by atoms with van der Waals surface area (Å²) in [7, 11) is 2.14. The van der Waals surface area contributed by atoms with Crippen molar-refractivity contribution in [3.63, 3.8) is 0 Å². The van der Waals surface area contributed by atoms with Crippen LogP contribution in [-0.2, 0) is 7.05 Å². The van der Waals surface area contributed by atoms with Gasteiger partial charge in [-0.2, -0.15) is 0 Å². The molecule has 0 amide bonds. The summed E-state index contributed by atoms with van der Waals surface area (Å²) in [6, 6.07) is 11.6. The molecule has 1 aromatic heterocycles. The van der Waals surface area contributed by atoms with Gasteiger partial charge in [-0.1, -0.05) is 39.8 Å². The molecule has 1 nitrogen and oxygen atoms in total. The van der Waals surface area contributed by atoms with Crippen LogP contribution in [-0.4, -0.2) is 0 Å². The first-order chi connectivity index (χ1) is 10.5.